The van der Waals surface area contributed by atoms with Crippen molar-refractivity contribution in [2.45, 2.75) is 0 Å². The predicted molar refractivity (Wildman–Crippen MR) is 77.0 cm³/mol. The zero-order chi connectivity index (χ0) is 15.7. The first kappa shape index (κ1) is 26.2. The SMILES string of the molecule is N.O=C(O)CN(CCN(CC(=O)O)CC(=O)O)CC(=O)O.[SrH2]. The quantitative estimate of drug-likeness (QED) is 0.225. The summed E-state index contributed by atoms with van der Waals surface area (Å²) in [7, 11) is 0. The second-order valence-corrected chi connectivity index (χ2v) is 4.00. The van der Waals surface area contributed by atoms with Crippen LogP contribution in [0, 0.1) is 0 Å². The van der Waals surface area contributed by atoms with Crippen LogP contribution < -0.4 is 6.15 Å². The number of nitrogens with zero attached hydrogens (tertiary/aromatic N) is 2. The molecule has 0 fully saturated rings. The van der Waals surface area contributed by atoms with Crippen LogP contribution in [0.25, 0.3) is 0 Å². The van der Waals surface area contributed by atoms with E-state index in [4.69, 9.17) is 20.4 Å². The van der Waals surface area contributed by atoms with Crippen molar-refractivity contribution in [1.29, 1.82) is 0 Å². The molecule has 0 spiro atoms. The third-order valence-corrected chi connectivity index (χ3v) is 2.17. The van der Waals surface area contributed by atoms with Crippen LogP contribution in [-0.4, -0.2) is 139 Å². The van der Waals surface area contributed by atoms with Crippen LogP contribution in [0.15, 0.2) is 0 Å². The molecule has 0 aromatic heterocycles. The molecule has 126 valence electrons. The topological polar surface area (TPSA) is 191 Å². The van der Waals surface area contributed by atoms with Crippen molar-refractivity contribution >= 4 is 69.4 Å². The molecule has 0 heterocycles. The van der Waals surface area contributed by atoms with E-state index in [-0.39, 0.29) is 64.7 Å². The van der Waals surface area contributed by atoms with Crippen molar-refractivity contribution in [3.05, 3.63) is 0 Å². The van der Waals surface area contributed by atoms with Gasteiger partial charge in [0.1, 0.15) is 0 Å². The average molecular weight is 399 g/mol. The molecular weight excluding hydrogens is 378 g/mol. The minimum absolute atomic E-state index is 0. The van der Waals surface area contributed by atoms with Gasteiger partial charge >= 0.3 is 69.4 Å². The molecule has 0 rings (SSSR count). The second kappa shape index (κ2) is 13.9. The van der Waals surface area contributed by atoms with Crippen molar-refractivity contribution in [2.24, 2.45) is 0 Å². The Balaban J connectivity index is -0.00000180. The first-order chi connectivity index (χ1) is 9.20. The van der Waals surface area contributed by atoms with Gasteiger partial charge in [0.2, 0.25) is 0 Å². The Bertz CT molecular complexity index is 324. The standard InChI is InChI=1S/C10H16N2O8.H3N.Sr.2H/c13-7(14)3-11(4-8(15)16)1-2-12(5-9(17)18)6-10(19)20;;;;/h1-6H2,(H,13,14)(H,15,16)(H,17,18)(H,19,20);1H3;;;. The zero-order valence-corrected chi connectivity index (χ0v) is 11.3. The van der Waals surface area contributed by atoms with Gasteiger partial charge < -0.3 is 26.6 Å². The van der Waals surface area contributed by atoms with Gasteiger partial charge in [0.25, 0.3) is 0 Å². The summed E-state index contributed by atoms with van der Waals surface area (Å²) in [5.41, 5.74) is 0. The van der Waals surface area contributed by atoms with E-state index in [9.17, 15) is 19.2 Å². The first-order valence-electron chi connectivity index (χ1n) is 5.52. The van der Waals surface area contributed by atoms with Gasteiger partial charge in [-0.15, -0.1) is 0 Å². The van der Waals surface area contributed by atoms with Crippen LogP contribution in [0.5, 0.6) is 0 Å². The van der Waals surface area contributed by atoms with Crippen LogP contribution >= 0.6 is 0 Å². The fraction of sp³-hybridized carbons (Fsp3) is 0.600. The summed E-state index contributed by atoms with van der Waals surface area (Å²) in [5.74, 6) is -4.91. The molecule has 0 bridgehead atoms. The molecule has 7 N–H and O–H groups in total. The van der Waals surface area contributed by atoms with Gasteiger partial charge in [-0.1, -0.05) is 0 Å². The Morgan fingerprint density at radius 2 is 0.773 bits per heavy atom. The molecule has 0 radical (unpaired) electrons. The Hall–Kier alpha value is -0.759. The number of carbonyl (C=O) groups is 4. The van der Waals surface area contributed by atoms with Gasteiger partial charge in [-0.3, -0.25) is 29.0 Å². The van der Waals surface area contributed by atoms with Crippen molar-refractivity contribution < 1.29 is 39.6 Å². The second-order valence-electron chi connectivity index (χ2n) is 4.00. The molecule has 0 unspecified atom stereocenters. The monoisotopic (exact) mass is 399 g/mol. The zero-order valence-electron chi connectivity index (χ0n) is 11.3. The van der Waals surface area contributed by atoms with E-state index in [0.717, 1.165) is 9.80 Å². The summed E-state index contributed by atoms with van der Waals surface area (Å²) in [6, 6.07) is 0. The molecule has 0 aromatic carbocycles. The Morgan fingerprint density at radius 3 is 0.909 bits per heavy atom. The van der Waals surface area contributed by atoms with Crippen LogP contribution in [0.4, 0.5) is 0 Å². The first-order valence-corrected chi connectivity index (χ1v) is 5.52. The number of carboxylic acids is 4. The maximum absolute atomic E-state index is 10.6. The van der Waals surface area contributed by atoms with Crippen LogP contribution in [0.1, 0.15) is 0 Å². The molecule has 0 amide bonds. The molecule has 0 aliphatic heterocycles. The van der Waals surface area contributed by atoms with Crippen molar-refractivity contribution in [1.82, 2.24) is 16.0 Å². The van der Waals surface area contributed by atoms with Gasteiger partial charge in [-0.25, -0.2) is 0 Å². The van der Waals surface area contributed by atoms with Gasteiger partial charge in [0.15, 0.2) is 0 Å². The van der Waals surface area contributed by atoms with E-state index < -0.39 is 50.1 Å². The molecule has 12 heteroatoms. The molecule has 0 aromatic rings. The number of aliphatic carboxylic acids is 4. The van der Waals surface area contributed by atoms with Crippen LogP contribution in [0.3, 0.4) is 0 Å². The number of rotatable bonds is 11. The fourth-order valence-electron chi connectivity index (χ4n) is 1.48. The molecule has 0 atom stereocenters. The van der Waals surface area contributed by atoms with E-state index in [0.29, 0.717) is 0 Å². The van der Waals surface area contributed by atoms with Gasteiger partial charge in [-0.05, 0) is 0 Å². The molecule has 0 saturated heterocycles. The van der Waals surface area contributed by atoms with Crippen LogP contribution in [-0.2, 0) is 19.2 Å². The average Bonchev–Trinajstić information content (AvgIpc) is 2.22. The predicted octanol–water partition coefficient (Wildman–Crippen LogP) is -2.83. The van der Waals surface area contributed by atoms with Gasteiger partial charge in [0.05, 0.1) is 26.2 Å². The molecule has 0 saturated carbocycles. The summed E-state index contributed by atoms with van der Waals surface area (Å²) < 4.78 is 0. The number of hydrogen-bond donors (Lipinski definition) is 5. The van der Waals surface area contributed by atoms with Crippen molar-refractivity contribution in [2.75, 3.05) is 39.3 Å². The van der Waals surface area contributed by atoms with E-state index in [1.54, 1.807) is 0 Å². The van der Waals surface area contributed by atoms with Crippen molar-refractivity contribution in [3.63, 3.8) is 0 Å². The molecule has 0 aliphatic carbocycles. The molecule has 22 heavy (non-hydrogen) atoms. The maximum atomic E-state index is 10.6. The summed E-state index contributed by atoms with van der Waals surface area (Å²) >= 11 is 0. The van der Waals surface area contributed by atoms with Crippen molar-refractivity contribution in [3.8, 4) is 0 Å². The molecule has 11 nitrogen and oxygen atoms in total. The summed E-state index contributed by atoms with van der Waals surface area (Å²) in [4.78, 5) is 44.4. The minimum atomic E-state index is -1.23. The third-order valence-electron chi connectivity index (χ3n) is 2.17. The third kappa shape index (κ3) is 15.6. The number of carboxylic acid groups (broad SMARTS) is 4. The fourth-order valence-corrected chi connectivity index (χ4v) is 1.48. The summed E-state index contributed by atoms with van der Waals surface area (Å²) in [6.45, 7) is -2.25. The van der Waals surface area contributed by atoms with Gasteiger partial charge in [0, 0.05) is 13.1 Å². The molecular formula is C10H21N3O8Sr. The Morgan fingerprint density at radius 1 is 0.591 bits per heavy atom. The van der Waals surface area contributed by atoms with E-state index in [1.807, 2.05) is 0 Å². The summed E-state index contributed by atoms with van der Waals surface area (Å²) in [6.07, 6.45) is 0. The summed E-state index contributed by atoms with van der Waals surface area (Å²) in [5, 5.41) is 34.5. The Labute approximate surface area is 163 Å². The van der Waals surface area contributed by atoms with Crippen LogP contribution in [0.2, 0.25) is 0 Å². The normalized spacial score (nSPS) is 9.73. The number of hydrogen-bond acceptors (Lipinski definition) is 7. The van der Waals surface area contributed by atoms with E-state index >= 15 is 0 Å². The van der Waals surface area contributed by atoms with E-state index in [2.05, 4.69) is 0 Å². The van der Waals surface area contributed by atoms with Gasteiger partial charge in [-0.2, -0.15) is 0 Å². The van der Waals surface area contributed by atoms with E-state index in [1.165, 1.54) is 0 Å². The Kier molecular flexibility index (Phi) is 16.5. The molecule has 0 aliphatic rings.